The number of nitrogens with zero attached hydrogens (tertiary/aromatic N) is 1. The third-order valence-electron chi connectivity index (χ3n) is 4.09. The van der Waals surface area contributed by atoms with Gasteiger partial charge in [0.15, 0.2) is 0 Å². The number of hydrogen-bond donors (Lipinski definition) is 2. The fraction of sp³-hybridized carbons (Fsp3) is 0.333. The Morgan fingerprint density at radius 3 is 2.65 bits per heavy atom. The van der Waals surface area contributed by atoms with Crippen LogP contribution >= 0.6 is 15.9 Å². The predicted molar refractivity (Wildman–Crippen MR) is 96.9 cm³/mol. The first-order valence-corrected chi connectivity index (χ1v) is 8.71. The van der Waals surface area contributed by atoms with Crippen LogP contribution in [0.5, 0.6) is 0 Å². The van der Waals surface area contributed by atoms with E-state index in [1.807, 2.05) is 31.2 Å². The molecule has 1 aromatic heterocycles. The second kappa shape index (κ2) is 7.13. The van der Waals surface area contributed by atoms with Crippen LogP contribution in [0.1, 0.15) is 41.7 Å². The lowest BCUT2D eigenvalue weighted by Gasteiger charge is -2.13. The molecular weight excluding hydrogens is 354 g/mol. The van der Waals surface area contributed by atoms with Crippen molar-refractivity contribution in [2.24, 2.45) is 0 Å². The van der Waals surface area contributed by atoms with E-state index < -0.39 is 0 Å². The summed E-state index contributed by atoms with van der Waals surface area (Å²) < 4.78 is 0.866. The van der Waals surface area contributed by atoms with Crippen LogP contribution in [0, 0.1) is 6.92 Å². The van der Waals surface area contributed by atoms with E-state index in [1.165, 1.54) is 25.7 Å². The normalized spacial score (nSPS) is 14.7. The Morgan fingerprint density at radius 2 is 2.00 bits per heavy atom. The molecule has 1 saturated carbocycles. The van der Waals surface area contributed by atoms with Gasteiger partial charge in [0.2, 0.25) is 0 Å². The van der Waals surface area contributed by atoms with Crippen LogP contribution in [0.25, 0.3) is 0 Å². The number of carbonyl (C=O) groups is 1. The summed E-state index contributed by atoms with van der Waals surface area (Å²) in [5.41, 5.74) is 3.27. The first-order valence-electron chi connectivity index (χ1n) is 7.92. The molecule has 2 N–H and O–H groups in total. The number of anilines is 2. The number of halogens is 1. The molecule has 2 aromatic rings. The molecule has 1 aliphatic carbocycles. The van der Waals surface area contributed by atoms with Crippen LogP contribution in [-0.2, 0) is 0 Å². The SMILES string of the molecule is Cc1ccc(NC(=O)c2ccc(NC3CCCC3)cn2)c(Br)c1. The summed E-state index contributed by atoms with van der Waals surface area (Å²) in [5.74, 6) is -0.207. The summed E-state index contributed by atoms with van der Waals surface area (Å²) in [6.07, 6.45) is 6.73. The van der Waals surface area contributed by atoms with Gasteiger partial charge in [-0.1, -0.05) is 18.9 Å². The maximum absolute atomic E-state index is 12.3. The van der Waals surface area contributed by atoms with E-state index in [2.05, 4.69) is 31.5 Å². The van der Waals surface area contributed by atoms with Crippen LogP contribution in [0.4, 0.5) is 11.4 Å². The van der Waals surface area contributed by atoms with Crippen LogP contribution in [0.15, 0.2) is 41.0 Å². The molecule has 120 valence electrons. The van der Waals surface area contributed by atoms with E-state index in [1.54, 1.807) is 12.3 Å². The number of benzene rings is 1. The fourth-order valence-electron chi connectivity index (χ4n) is 2.83. The third kappa shape index (κ3) is 4.10. The lowest BCUT2D eigenvalue weighted by Crippen LogP contribution is -2.16. The molecule has 0 bridgehead atoms. The van der Waals surface area contributed by atoms with Crippen LogP contribution in [0.3, 0.4) is 0 Å². The average molecular weight is 374 g/mol. The largest absolute Gasteiger partial charge is 0.381 e. The fourth-order valence-corrected chi connectivity index (χ4v) is 3.42. The molecule has 1 heterocycles. The zero-order valence-electron chi connectivity index (χ0n) is 13.1. The molecule has 0 atom stereocenters. The standard InChI is InChI=1S/C18H20BrN3O/c1-12-6-8-16(15(19)10-12)22-18(23)17-9-7-14(11-20-17)21-13-4-2-3-5-13/h6-11,13,21H,2-5H2,1H3,(H,22,23). The van der Waals surface area contributed by atoms with E-state index >= 15 is 0 Å². The predicted octanol–water partition coefficient (Wildman–Crippen LogP) is 4.76. The van der Waals surface area contributed by atoms with Gasteiger partial charge in [-0.15, -0.1) is 0 Å². The number of pyridine rings is 1. The van der Waals surface area contributed by atoms with E-state index in [0.717, 1.165) is 21.4 Å². The summed E-state index contributed by atoms with van der Waals surface area (Å²) in [4.78, 5) is 16.6. The second-order valence-electron chi connectivity index (χ2n) is 6.00. The van der Waals surface area contributed by atoms with Crippen molar-refractivity contribution in [2.75, 3.05) is 10.6 Å². The summed E-state index contributed by atoms with van der Waals surface area (Å²) in [7, 11) is 0. The highest BCUT2D eigenvalue weighted by molar-refractivity contribution is 9.10. The molecule has 5 heteroatoms. The molecule has 0 aliphatic heterocycles. The highest BCUT2D eigenvalue weighted by Gasteiger charge is 2.15. The molecule has 0 unspecified atom stereocenters. The van der Waals surface area contributed by atoms with E-state index in [0.29, 0.717) is 11.7 Å². The minimum atomic E-state index is -0.207. The topological polar surface area (TPSA) is 54.0 Å². The number of nitrogens with one attached hydrogen (secondary N) is 2. The maximum atomic E-state index is 12.3. The van der Waals surface area contributed by atoms with E-state index in [-0.39, 0.29) is 5.91 Å². The zero-order chi connectivity index (χ0) is 16.2. The summed E-state index contributed by atoms with van der Waals surface area (Å²) in [5, 5.41) is 6.35. The van der Waals surface area contributed by atoms with Crippen LogP contribution in [-0.4, -0.2) is 16.9 Å². The highest BCUT2D eigenvalue weighted by atomic mass is 79.9. The van der Waals surface area contributed by atoms with Crippen molar-refractivity contribution in [3.63, 3.8) is 0 Å². The monoisotopic (exact) mass is 373 g/mol. The Labute approximate surface area is 144 Å². The van der Waals surface area contributed by atoms with Crippen molar-refractivity contribution in [1.29, 1.82) is 0 Å². The van der Waals surface area contributed by atoms with Gasteiger partial charge in [0.25, 0.3) is 5.91 Å². The molecule has 1 aliphatic rings. The van der Waals surface area contributed by atoms with Crippen molar-refractivity contribution in [2.45, 2.75) is 38.6 Å². The lowest BCUT2D eigenvalue weighted by atomic mass is 10.2. The van der Waals surface area contributed by atoms with Gasteiger partial charge in [0.05, 0.1) is 17.6 Å². The number of carbonyl (C=O) groups excluding carboxylic acids is 1. The lowest BCUT2D eigenvalue weighted by molar-refractivity contribution is 0.102. The number of aromatic nitrogens is 1. The Kier molecular flexibility index (Phi) is 4.96. The summed E-state index contributed by atoms with van der Waals surface area (Å²) in [6, 6.07) is 10.0. The van der Waals surface area contributed by atoms with Crippen molar-refractivity contribution < 1.29 is 4.79 Å². The first-order chi connectivity index (χ1) is 11.1. The number of hydrogen-bond acceptors (Lipinski definition) is 3. The van der Waals surface area contributed by atoms with Crippen molar-refractivity contribution in [3.8, 4) is 0 Å². The smallest absolute Gasteiger partial charge is 0.274 e. The highest BCUT2D eigenvalue weighted by Crippen LogP contribution is 2.24. The minimum absolute atomic E-state index is 0.207. The van der Waals surface area contributed by atoms with Gasteiger partial charge in [-0.05, 0) is 65.5 Å². The van der Waals surface area contributed by atoms with E-state index in [9.17, 15) is 4.79 Å². The molecule has 0 radical (unpaired) electrons. The van der Waals surface area contributed by atoms with Crippen LogP contribution in [0.2, 0.25) is 0 Å². The maximum Gasteiger partial charge on any atom is 0.274 e. The van der Waals surface area contributed by atoms with Crippen molar-refractivity contribution in [3.05, 3.63) is 52.3 Å². The zero-order valence-corrected chi connectivity index (χ0v) is 14.7. The third-order valence-corrected chi connectivity index (χ3v) is 4.75. The molecule has 3 rings (SSSR count). The van der Waals surface area contributed by atoms with Gasteiger partial charge in [0.1, 0.15) is 5.69 Å². The van der Waals surface area contributed by atoms with E-state index in [4.69, 9.17) is 0 Å². The Bertz CT molecular complexity index is 694. The second-order valence-corrected chi connectivity index (χ2v) is 6.85. The van der Waals surface area contributed by atoms with Gasteiger partial charge in [0, 0.05) is 10.5 Å². The van der Waals surface area contributed by atoms with Gasteiger partial charge < -0.3 is 10.6 Å². The molecule has 23 heavy (non-hydrogen) atoms. The van der Waals surface area contributed by atoms with Gasteiger partial charge in [-0.3, -0.25) is 4.79 Å². The molecule has 1 amide bonds. The summed E-state index contributed by atoms with van der Waals surface area (Å²) in [6.45, 7) is 2.01. The summed E-state index contributed by atoms with van der Waals surface area (Å²) >= 11 is 3.46. The number of amides is 1. The molecular formula is C18H20BrN3O. The Balaban J connectivity index is 1.65. The van der Waals surface area contributed by atoms with Gasteiger partial charge in [-0.25, -0.2) is 4.98 Å². The Morgan fingerprint density at radius 1 is 1.22 bits per heavy atom. The van der Waals surface area contributed by atoms with Gasteiger partial charge >= 0.3 is 0 Å². The molecule has 0 saturated heterocycles. The molecule has 0 spiro atoms. The van der Waals surface area contributed by atoms with Crippen LogP contribution < -0.4 is 10.6 Å². The number of rotatable bonds is 4. The number of aryl methyl sites for hydroxylation is 1. The molecule has 1 fully saturated rings. The average Bonchev–Trinajstić information content (AvgIpc) is 3.04. The first kappa shape index (κ1) is 16.0. The minimum Gasteiger partial charge on any atom is -0.381 e. The Hall–Kier alpha value is -1.88. The quantitative estimate of drug-likeness (QED) is 0.811. The van der Waals surface area contributed by atoms with Crippen molar-refractivity contribution >= 4 is 33.2 Å². The molecule has 4 nitrogen and oxygen atoms in total. The van der Waals surface area contributed by atoms with Crippen molar-refractivity contribution in [1.82, 2.24) is 4.98 Å². The van der Waals surface area contributed by atoms with Gasteiger partial charge in [-0.2, -0.15) is 0 Å². The molecule has 1 aromatic carbocycles.